The summed E-state index contributed by atoms with van der Waals surface area (Å²) < 4.78 is 1.83. The summed E-state index contributed by atoms with van der Waals surface area (Å²) in [5.74, 6) is -0.00367. The van der Waals surface area contributed by atoms with E-state index in [1.165, 1.54) is 27.0 Å². The molecule has 1 aromatic heterocycles. The van der Waals surface area contributed by atoms with Crippen LogP contribution in [-0.4, -0.2) is 33.2 Å². The first-order valence-electron chi connectivity index (χ1n) is 10.00. The molecule has 0 unspecified atom stereocenters. The normalized spacial score (nSPS) is 18.8. The Hall–Kier alpha value is -2.13. The number of likely N-dealkylation sites (N-methyl/N-ethyl adjacent to an activating group) is 1. The van der Waals surface area contributed by atoms with Gasteiger partial charge in [0.15, 0.2) is 0 Å². The Kier molecular flexibility index (Phi) is 5.64. The lowest BCUT2D eigenvalue weighted by Crippen LogP contribution is -2.27. The molecule has 8 heteroatoms. The Morgan fingerprint density at radius 1 is 1.03 bits per heavy atom. The number of allylic oxidation sites excluding steroid dienone is 2. The van der Waals surface area contributed by atoms with E-state index in [1.807, 2.05) is 31.2 Å². The SMILES string of the molecule is CCN1C(=O)/C(=C\C=C2\Sc3ccc(-c4nc5ccccc5s4)cc3N2CC)SC1=S. The van der Waals surface area contributed by atoms with Crippen molar-refractivity contribution >= 4 is 73.2 Å². The van der Waals surface area contributed by atoms with Crippen LogP contribution in [0.4, 0.5) is 5.69 Å². The number of thioether (sulfide) groups is 2. The highest BCUT2D eigenvalue weighted by Gasteiger charge is 2.31. The smallest absolute Gasteiger partial charge is 0.266 e. The molecule has 1 fully saturated rings. The van der Waals surface area contributed by atoms with Crippen LogP contribution < -0.4 is 4.90 Å². The molecule has 2 aromatic carbocycles. The van der Waals surface area contributed by atoms with Crippen LogP contribution in [0.3, 0.4) is 0 Å². The van der Waals surface area contributed by atoms with Crippen molar-refractivity contribution < 1.29 is 4.79 Å². The average molecular weight is 482 g/mol. The number of thiocarbonyl (C=S) groups is 1. The number of anilines is 1. The molecule has 2 aliphatic rings. The summed E-state index contributed by atoms with van der Waals surface area (Å²) in [5.41, 5.74) is 3.35. The zero-order chi connectivity index (χ0) is 21.5. The van der Waals surface area contributed by atoms with E-state index in [0.717, 1.165) is 27.7 Å². The Labute approximate surface area is 199 Å². The van der Waals surface area contributed by atoms with Crippen LogP contribution in [0.5, 0.6) is 0 Å². The number of aromatic nitrogens is 1. The molecule has 1 saturated heterocycles. The third-order valence-corrected chi connectivity index (χ3v) is 8.77. The van der Waals surface area contributed by atoms with Gasteiger partial charge in [-0.2, -0.15) is 0 Å². The first-order valence-corrected chi connectivity index (χ1v) is 12.9. The number of thiazole rings is 1. The van der Waals surface area contributed by atoms with Crippen LogP contribution in [-0.2, 0) is 4.79 Å². The minimum Gasteiger partial charge on any atom is -0.335 e. The van der Waals surface area contributed by atoms with Gasteiger partial charge in [0.25, 0.3) is 5.91 Å². The lowest BCUT2D eigenvalue weighted by molar-refractivity contribution is -0.122. The molecule has 156 valence electrons. The number of amides is 1. The summed E-state index contributed by atoms with van der Waals surface area (Å²) in [5, 5.41) is 2.14. The maximum Gasteiger partial charge on any atom is 0.266 e. The summed E-state index contributed by atoms with van der Waals surface area (Å²) >= 11 is 10.1. The molecule has 0 saturated carbocycles. The van der Waals surface area contributed by atoms with Gasteiger partial charge < -0.3 is 4.90 Å². The van der Waals surface area contributed by atoms with E-state index in [-0.39, 0.29) is 5.91 Å². The second-order valence-corrected chi connectivity index (χ2v) is 10.7. The summed E-state index contributed by atoms with van der Waals surface area (Å²) in [4.78, 5) is 23.1. The van der Waals surface area contributed by atoms with Crippen molar-refractivity contribution in [2.75, 3.05) is 18.0 Å². The van der Waals surface area contributed by atoms with Crippen molar-refractivity contribution in [2.24, 2.45) is 0 Å². The molecule has 5 rings (SSSR count). The zero-order valence-corrected chi connectivity index (χ0v) is 20.3. The molecule has 0 radical (unpaired) electrons. The van der Waals surface area contributed by atoms with E-state index in [4.69, 9.17) is 17.2 Å². The Bertz CT molecular complexity index is 1240. The highest BCUT2D eigenvalue weighted by Crippen LogP contribution is 2.48. The second-order valence-electron chi connectivity index (χ2n) is 6.97. The topological polar surface area (TPSA) is 36.4 Å². The maximum absolute atomic E-state index is 12.5. The molecule has 3 heterocycles. The lowest BCUT2D eigenvalue weighted by atomic mass is 10.2. The molecule has 0 bridgehead atoms. The van der Waals surface area contributed by atoms with Crippen LogP contribution in [0.15, 0.2) is 69.4 Å². The Morgan fingerprint density at radius 3 is 2.58 bits per heavy atom. The van der Waals surface area contributed by atoms with Crippen molar-refractivity contribution in [3.05, 3.63) is 64.6 Å². The van der Waals surface area contributed by atoms with Crippen molar-refractivity contribution in [1.82, 2.24) is 9.88 Å². The number of fused-ring (bicyclic) bond motifs is 2. The highest BCUT2D eigenvalue weighted by molar-refractivity contribution is 8.26. The monoisotopic (exact) mass is 481 g/mol. The van der Waals surface area contributed by atoms with Crippen molar-refractivity contribution in [3.8, 4) is 10.6 Å². The predicted octanol–water partition coefficient (Wildman–Crippen LogP) is 6.50. The molecule has 0 N–H and O–H groups in total. The Morgan fingerprint density at radius 2 is 1.84 bits per heavy atom. The lowest BCUT2D eigenvalue weighted by Gasteiger charge is -2.18. The zero-order valence-electron chi connectivity index (χ0n) is 17.0. The van der Waals surface area contributed by atoms with E-state index < -0.39 is 0 Å². The van der Waals surface area contributed by atoms with Gasteiger partial charge in [0.05, 0.1) is 25.8 Å². The van der Waals surface area contributed by atoms with E-state index in [9.17, 15) is 4.79 Å². The summed E-state index contributed by atoms with van der Waals surface area (Å²) in [6.45, 7) is 5.54. The molecule has 0 atom stereocenters. The molecular weight excluding hydrogens is 463 g/mol. The summed E-state index contributed by atoms with van der Waals surface area (Å²) in [7, 11) is 0. The number of carbonyl (C=O) groups is 1. The fourth-order valence-electron chi connectivity index (χ4n) is 3.61. The third-order valence-electron chi connectivity index (χ3n) is 5.15. The number of nitrogens with zero attached hydrogens (tertiary/aromatic N) is 3. The molecule has 4 nitrogen and oxygen atoms in total. The van der Waals surface area contributed by atoms with Gasteiger partial charge in [-0.15, -0.1) is 11.3 Å². The van der Waals surface area contributed by atoms with Gasteiger partial charge in [-0.1, -0.05) is 53.9 Å². The second kappa shape index (κ2) is 8.43. The first-order chi connectivity index (χ1) is 15.1. The van der Waals surface area contributed by atoms with E-state index in [2.05, 4.69) is 42.2 Å². The van der Waals surface area contributed by atoms with Crippen LogP contribution in [0.25, 0.3) is 20.8 Å². The van der Waals surface area contributed by atoms with Crippen LogP contribution in [0, 0.1) is 0 Å². The number of benzene rings is 2. The van der Waals surface area contributed by atoms with Crippen molar-refractivity contribution in [3.63, 3.8) is 0 Å². The fraction of sp³-hybridized carbons (Fsp3) is 0.174. The van der Waals surface area contributed by atoms with E-state index >= 15 is 0 Å². The van der Waals surface area contributed by atoms with Gasteiger partial charge in [0, 0.05) is 23.5 Å². The molecule has 0 spiro atoms. The molecule has 1 amide bonds. The summed E-state index contributed by atoms with van der Waals surface area (Å²) in [6.07, 6.45) is 3.94. The quantitative estimate of drug-likeness (QED) is 0.313. The fourth-order valence-corrected chi connectivity index (χ4v) is 7.01. The van der Waals surface area contributed by atoms with Gasteiger partial charge in [-0.3, -0.25) is 9.69 Å². The molecule has 3 aromatic rings. The minimum atomic E-state index is -0.00367. The van der Waals surface area contributed by atoms with Crippen LogP contribution >= 0.6 is 47.1 Å². The molecule has 31 heavy (non-hydrogen) atoms. The Balaban J connectivity index is 1.46. The number of carbonyl (C=O) groups excluding carboxylic acids is 1. The average Bonchev–Trinajstić information content (AvgIpc) is 3.44. The van der Waals surface area contributed by atoms with Gasteiger partial charge in [0.2, 0.25) is 0 Å². The van der Waals surface area contributed by atoms with Crippen molar-refractivity contribution in [1.29, 1.82) is 0 Å². The van der Waals surface area contributed by atoms with Gasteiger partial charge in [-0.05, 0) is 50.3 Å². The minimum absolute atomic E-state index is 0.00367. The summed E-state index contributed by atoms with van der Waals surface area (Å²) in [6, 6.07) is 14.8. The number of rotatable bonds is 4. The van der Waals surface area contributed by atoms with Crippen molar-refractivity contribution in [2.45, 2.75) is 18.7 Å². The third kappa shape index (κ3) is 3.71. The van der Waals surface area contributed by atoms with Crippen LogP contribution in [0.2, 0.25) is 0 Å². The van der Waals surface area contributed by atoms with Gasteiger partial charge in [-0.25, -0.2) is 4.98 Å². The molecule has 2 aliphatic heterocycles. The van der Waals surface area contributed by atoms with E-state index in [1.54, 1.807) is 28.0 Å². The maximum atomic E-state index is 12.5. The van der Waals surface area contributed by atoms with Crippen LogP contribution in [0.1, 0.15) is 13.8 Å². The highest BCUT2D eigenvalue weighted by atomic mass is 32.2. The number of hydrogen-bond acceptors (Lipinski definition) is 7. The number of para-hydroxylation sites is 1. The molecule has 0 aliphatic carbocycles. The van der Waals surface area contributed by atoms with E-state index in [0.29, 0.717) is 15.8 Å². The first kappa shape index (κ1) is 20.8. The van der Waals surface area contributed by atoms with Gasteiger partial charge in [0.1, 0.15) is 9.33 Å². The largest absolute Gasteiger partial charge is 0.335 e. The van der Waals surface area contributed by atoms with Gasteiger partial charge >= 0.3 is 0 Å². The standard InChI is InChI=1S/C23H19N3OS4/c1-3-25-16-13-14(21-24-15-7-5-6-8-17(15)30-21)9-10-18(16)29-20(25)12-11-19-22(27)26(4-2)23(28)31-19/h5-13H,3-4H2,1-2H3/b19-11+,20-12+. The molecular formula is C23H19N3OS4. The predicted molar refractivity (Wildman–Crippen MR) is 138 cm³/mol. The number of hydrogen-bond donors (Lipinski definition) is 0.